The van der Waals surface area contributed by atoms with E-state index in [0.29, 0.717) is 6.42 Å². The van der Waals surface area contributed by atoms with Crippen molar-refractivity contribution in [2.24, 2.45) is 0 Å². The van der Waals surface area contributed by atoms with E-state index >= 15 is 0 Å². The van der Waals surface area contributed by atoms with Gasteiger partial charge in [-0.25, -0.2) is 9.37 Å². The number of benzene rings is 2. The minimum atomic E-state index is -0.262. The maximum atomic E-state index is 13.1. The fourth-order valence-electron chi connectivity index (χ4n) is 3.38. The SMILES string of the molecule is O=C(Cc1csc(-c2ccc(F)cc2)n1)N1CCN(Cc2ccccc2)CC1. The molecule has 1 amide bonds. The van der Waals surface area contributed by atoms with Gasteiger partial charge >= 0.3 is 0 Å². The standard InChI is InChI=1S/C22H22FN3OS/c23-19-8-6-18(7-9-19)22-24-20(16-28-22)14-21(27)26-12-10-25(11-13-26)15-17-4-2-1-3-5-17/h1-9,16H,10-15H2. The van der Waals surface area contributed by atoms with Crippen molar-refractivity contribution in [1.82, 2.24) is 14.8 Å². The summed E-state index contributed by atoms with van der Waals surface area (Å²) < 4.78 is 13.1. The lowest BCUT2D eigenvalue weighted by Crippen LogP contribution is -2.48. The molecule has 1 aromatic heterocycles. The van der Waals surface area contributed by atoms with Crippen LogP contribution in [0.2, 0.25) is 0 Å². The first-order chi connectivity index (χ1) is 13.7. The van der Waals surface area contributed by atoms with Crippen LogP contribution in [0.1, 0.15) is 11.3 Å². The zero-order chi connectivity index (χ0) is 19.3. The predicted molar refractivity (Wildman–Crippen MR) is 110 cm³/mol. The van der Waals surface area contributed by atoms with Crippen LogP contribution in [0.3, 0.4) is 0 Å². The van der Waals surface area contributed by atoms with E-state index in [2.05, 4.69) is 34.1 Å². The van der Waals surface area contributed by atoms with E-state index < -0.39 is 0 Å². The molecule has 0 atom stereocenters. The molecule has 4 rings (SSSR count). The number of carbonyl (C=O) groups is 1. The minimum Gasteiger partial charge on any atom is -0.340 e. The Bertz CT molecular complexity index is 918. The molecule has 6 heteroatoms. The molecule has 0 saturated carbocycles. The van der Waals surface area contributed by atoms with Crippen LogP contribution in [0.15, 0.2) is 60.0 Å². The second-order valence-electron chi connectivity index (χ2n) is 6.97. The van der Waals surface area contributed by atoms with Gasteiger partial charge in [0, 0.05) is 43.7 Å². The maximum Gasteiger partial charge on any atom is 0.228 e. The largest absolute Gasteiger partial charge is 0.340 e. The van der Waals surface area contributed by atoms with Gasteiger partial charge in [-0.2, -0.15) is 0 Å². The Balaban J connectivity index is 1.29. The Morgan fingerprint density at radius 3 is 2.43 bits per heavy atom. The number of thiazole rings is 1. The summed E-state index contributed by atoms with van der Waals surface area (Å²) in [6.45, 7) is 4.20. The number of hydrogen-bond donors (Lipinski definition) is 0. The zero-order valence-corrected chi connectivity index (χ0v) is 16.4. The van der Waals surface area contributed by atoms with E-state index in [4.69, 9.17) is 0 Å². The quantitative estimate of drug-likeness (QED) is 0.659. The van der Waals surface area contributed by atoms with Crippen LogP contribution in [0.4, 0.5) is 4.39 Å². The molecule has 2 aromatic carbocycles. The van der Waals surface area contributed by atoms with Crippen LogP contribution >= 0.6 is 11.3 Å². The number of piperazine rings is 1. The smallest absolute Gasteiger partial charge is 0.228 e. The van der Waals surface area contributed by atoms with Gasteiger partial charge in [0.25, 0.3) is 0 Å². The summed E-state index contributed by atoms with van der Waals surface area (Å²) in [7, 11) is 0. The molecule has 4 nitrogen and oxygen atoms in total. The molecule has 0 radical (unpaired) electrons. The molecular weight excluding hydrogens is 373 g/mol. The first-order valence-electron chi connectivity index (χ1n) is 9.42. The molecule has 2 heterocycles. The Kier molecular flexibility index (Phi) is 5.78. The first kappa shape index (κ1) is 18.8. The third kappa shape index (κ3) is 4.64. The molecule has 0 aliphatic carbocycles. The van der Waals surface area contributed by atoms with E-state index in [1.165, 1.54) is 29.0 Å². The van der Waals surface area contributed by atoms with Gasteiger partial charge in [-0.1, -0.05) is 30.3 Å². The fourth-order valence-corrected chi connectivity index (χ4v) is 4.20. The third-order valence-electron chi connectivity index (χ3n) is 4.95. The summed E-state index contributed by atoms with van der Waals surface area (Å²) in [6, 6.07) is 16.7. The average molecular weight is 396 g/mol. The van der Waals surface area contributed by atoms with Crippen molar-refractivity contribution < 1.29 is 9.18 Å². The molecule has 0 unspecified atom stereocenters. The van der Waals surface area contributed by atoms with Gasteiger partial charge in [0.05, 0.1) is 12.1 Å². The van der Waals surface area contributed by atoms with Crippen LogP contribution in [-0.2, 0) is 17.8 Å². The number of halogens is 1. The molecule has 1 fully saturated rings. The van der Waals surface area contributed by atoms with Gasteiger partial charge in [-0.05, 0) is 29.8 Å². The lowest BCUT2D eigenvalue weighted by molar-refractivity contribution is -0.132. The van der Waals surface area contributed by atoms with Crippen molar-refractivity contribution in [1.29, 1.82) is 0 Å². The second-order valence-corrected chi connectivity index (χ2v) is 7.83. The molecule has 28 heavy (non-hydrogen) atoms. The Morgan fingerprint density at radius 1 is 1.00 bits per heavy atom. The monoisotopic (exact) mass is 395 g/mol. The van der Waals surface area contributed by atoms with Crippen molar-refractivity contribution in [2.45, 2.75) is 13.0 Å². The van der Waals surface area contributed by atoms with Crippen LogP contribution in [0.25, 0.3) is 10.6 Å². The predicted octanol–water partition coefficient (Wildman–Crippen LogP) is 3.84. The number of nitrogens with zero attached hydrogens (tertiary/aromatic N) is 3. The molecule has 3 aromatic rings. The van der Waals surface area contributed by atoms with Gasteiger partial charge in [0.2, 0.25) is 5.91 Å². The molecule has 0 N–H and O–H groups in total. The number of hydrogen-bond acceptors (Lipinski definition) is 4. The van der Waals surface area contributed by atoms with Crippen LogP contribution in [0, 0.1) is 5.82 Å². The number of amides is 1. The summed E-state index contributed by atoms with van der Waals surface area (Å²) in [4.78, 5) is 21.5. The minimum absolute atomic E-state index is 0.121. The van der Waals surface area contributed by atoms with Crippen LogP contribution in [-0.4, -0.2) is 46.9 Å². The van der Waals surface area contributed by atoms with Gasteiger partial charge < -0.3 is 4.90 Å². The molecule has 1 saturated heterocycles. The van der Waals surface area contributed by atoms with Crippen LogP contribution < -0.4 is 0 Å². The van der Waals surface area contributed by atoms with Gasteiger partial charge in [-0.3, -0.25) is 9.69 Å². The van der Waals surface area contributed by atoms with E-state index in [1.54, 1.807) is 12.1 Å². The highest BCUT2D eigenvalue weighted by Crippen LogP contribution is 2.24. The fraction of sp³-hybridized carbons (Fsp3) is 0.273. The van der Waals surface area contributed by atoms with E-state index in [9.17, 15) is 9.18 Å². The Labute approximate surface area is 168 Å². The third-order valence-corrected chi connectivity index (χ3v) is 5.89. The first-order valence-corrected chi connectivity index (χ1v) is 10.3. The summed E-state index contributed by atoms with van der Waals surface area (Å²) >= 11 is 1.49. The normalized spacial score (nSPS) is 15.0. The Hall–Kier alpha value is -2.57. The molecule has 1 aliphatic rings. The van der Waals surface area contributed by atoms with Crippen molar-refractivity contribution in [3.05, 3.63) is 77.1 Å². The highest BCUT2D eigenvalue weighted by molar-refractivity contribution is 7.13. The molecule has 144 valence electrons. The number of carbonyl (C=O) groups excluding carboxylic acids is 1. The van der Waals surface area contributed by atoms with Crippen molar-refractivity contribution in [3.8, 4) is 10.6 Å². The molecule has 0 spiro atoms. The van der Waals surface area contributed by atoms with Gasteiger partial charge in [-0.15, -0.1) is 11.3 Å². The maximum absolute atomic E-state index is 13.1. The highest BCUT2D eigenvalue weighted by atomic mass is 32.1. The van der Waals surface area contributed by atoms with E-state index in [-0.39, 0.29) is 11.7 Å². The topological polar surface area (TPSA) is 36.4 Å². The van der Waals surface area contributed by atoms with Gasteiger partial charge in [0.1, 0.15) is 10.8 Å². The second kappa shape index (κ2) is 8.63. The molecule has 0 bridgehead atoms. The summed E-state index contributed by atoms with van der Waals surface area (Å²) in [5, 5.41) is 2.73. The molecule has 1 aliphatic heterocycles. The van der Waals surface area contributed by atoms with Crippen molar-refractivity contribution in [3.63, 3.8) is 0 Å². The summed E-state index contributed by atoms with van der Waals surface area (Å²) in [5.41, 5.74) is 2.96. The average Bonchev–Trinajstić information content (AvgIpc) is 3.18. The van der Waals surface area contributed by atoms with Crippen molar-refractivity contribution in [2.75, 3.05) is 26.2 Å². The number of aromatic nitrogens is 1. The Morgan fingerprint density at radius 2 is 1.71 bits per heavy atom. The summed E-state index contributed by atoms with van der Waals surface area (Å²) in [5.74, 6) is -0.141. The van der Waals surface area contributed by atoms with Gasteiger partial charge in [0.15, 0.2) is 0 Å². The molecular formula is C22H22FN3OS. The lowest BCUT2D eigenvalue weighted by Gasteiger charge is -2.34. The van der Waals surface area contributed by atoms with Crippen molar-refractivity contribution >= 4 is 17.2 Å². The summed E-state index contributed by atoms with van der Waals surface area (Å²) in [6.07, 6.45) is 0.316. The van der Waals surface area contributed by atoms with Crippen LogP contribution in [0.5, 0.6) is 0 Å². The van der Waals surface area contributed by atoms with E-state index in [0.717, 1.165) is 49.0 Å². The zero-order valence-electron chi connectivity index (χ0n) is 15.6. The highest BCUT2D eigenvalue weighted by Gasteiger charge is 2.22. The number of rotatable bonds is 5. The van der Waals surface area contributed by atoms with E-state index in [1.807, 2.05) is 16.3 Å². The lowest BCUT2D eigenvalue weighted by atomic mass is 10.2.